The minimum atomic E-state index is -3.62. The standard InChI is InChI=1S/C20H27N3O4S/c1-15-6-2-3-8-18(15)28(24,25)23-12-5-4-7-17(23)20-21-19(22-27-20)11-13-26-14-16-9-10-16/h2-3,6,8,16-17H,4-5,7,9-14H2,1H3. The van der Waals surface area contributed by atoms with Gasteiger partial charge in [-0.25, -0.2) is 8.42 Å². The minimum Gasteiger partial charge on any atom is -0.381 e. The van der Waals surface area contributed by atoms with E-state index in [1.807, 2.05) is 19.1 Å². The molecule has 2 aliphatic rings. The Morgan fingerprint density at radius 1 is 1.21 bits per heavy atom. The first-order valence-electron chi connectivity index (χ1n) is 10.0. The molecule has 0 N–H and O–H groups in total. The van der Waals surface area contributed by atoms with Gasteiger partial charge in [-0.05, 0) is 50.2 Å². The maximum absolute atomic E-state index is 13.3. The van der Waals surface area contributed by atoms with E-state index in [0.717, 1.165) is 30.9 Å². The highest BCUT2D eigenvalue weighted by atomic mass is 32.2. The molecule has 7 nitrogen and oxygen atoms in total. The van der Waals surface area contributed by atoms with Gasteiger partial charge in [0.05, 0.1) is 11.5 Å². The van der Waals surface area contributed by atoms with Crippen LogP contribution in [0.3, 0.4) is 0 Å². The summed E-state index contributed by atoms with van der Waals surface area (Å²) >= 11 is 0. The maximum Gasteiger partial charge on any atom is 0.245 e. The molecule has 2 fully saturated rings. The van der Waals surface area contributed by atoms with Gasteiger partial charge in [-0.1, -0.05) is 29.8 Å². The van der Waals surface area contributed by atoms with Gasteiger partial charge in [0.2, 0.25) is 15.9 Å². The number of hydrogen-bond donors (Lipinski definition) is 0. The summed E-state index contributed by atoms with van der Waals surface area (Å²) in [5, 5.41) is 4.04. The van der Waals surface area contributed by atoms with Crippen LogP contribution in [-0.2, 0) is 21.2 Å². The Labute approximate surface area is 166 Å². The molecule has 28 heavy (non-hydrogen) atoms. The van der Waals surface area contributed by atoms with Gasteiger partial charge in [0.15, 0.2) is 5.82 Å². The van der Waals surface area contributed by atoms with Crippen LogP contribution in [0.15, 0.2) is 33.7 Å². The van der Waals surface area contributed by atoms with Crippen molar-refractivity contribution in [2.24, 2.45) is 5.92 Å². The van der Waals surface area contributed by atoms with Crippen molar-refractivity contribution in [1.82, 2.24) is 14.4 Å². The number of aromatic nitrogens is 2. The van der Waals surface area contributed by atoms with Gasteiger partial charge in [0.1, 0.15) is 6.04 Å². The number of rotatable bonds is 8. The highest BCUT2D eigenvalue weighted by Crippen LogP contribution is 2.35. The van der Waals surface area contributed by atoms with Crippen LogP contribution < -0.4 is 0 Å². The summed E-state index contributed by atoms with van der Waals surface area (Å²) in [5.41, 5.74) is 0.742. The van der Waals surface area contributed by atoms with Crippen LogP contribution in [0.1, 0.15) is 55.4 Å². The molecule has 1 aliphatic carbocycles. The molecule has 1 aromatic heterocycles. The molecule has 1 aromatic carbocycles. The molecule has 0 radical (unpaired) electrons. The number of benzene rings is 1. The second-order valence-corrected chi connectivity index (χ2v) is 9.57. The van der Waals surface area contributed by atoms with Gasteiger partial charge in [-0.2, -0.15) is 9.29 Å². The van der Waals surface area contributed by atoms with Gasteiger partial charge in [0, 0.05) is 19.6 Å². The molecule has 152 valence electrons. The first-order chi connectivity index (χ1) is 13.6. The lowest BCUT2D eigenvalue weighted by Gasteiger charge is -2.32. The lowest BCUT2D eigenvalue weighted by atomic mass is 10.1. The van der Waals surface area contributed by atoms with Crippen molar-refractivity contribution < 1.29 is 17.7 Å². The predicted octanol–water partition coefficient (Wildman–Crippen LogP) is 3.26. The second kappa shape index (κ2) is 8.31. The quantitative estimate of drug-likeness (QED) is 0.627. The summed E-state index contributed by atoms with van der Waals surface area (Å²) in [7, 11) is -3.62. The zero-order valence-electron chi connectivity index (χ0n) is 16.2. The molecule has 1 unspecified atom stereocenters. The molecule has 0 bridgehead atoms. The Balaban J connectivity index is 1.48. The summed E-state index contributed by atoms with van der Waals surface area (Å²) in [4.78, 5) is 4.82. The van der Waals surface area contributed by atoms with Crippen LogP contribution in [-0.4, -0.2) is 42.6 Å². The van der Waals surface area contributed by atoms with Crippen LogP contribution in [0, 0.1) is 12.8 Å². The highest BCUT2D eigenvalue weighted by Gasteiger charge is 2.38. The number of aryl methyl sites for hydroxylation is 1. The smallest absolute Gasteiger partial charge is 0.245 e. The van der Waals surface area contributed by atoms with Gasteiger partial charge in [-0.15, -0.1) is 0 Å². The summed E-state index contributed by atoms with van der Waals surface area (Å²) < 4.78 is 39.2. The van der Waals surface area contributed by atoms with Crippen molar-refractivity contribution in [3.05, 3.63) is 41.5 Å². The molecule has 0 spiro atoms. The van der Waals surface area contributed by atoms with Crippen LogP contribution >= 0.6 is 0 Å². The third-order valence-electron chi connectivity index (χ3n) is 5.42. The molecule has 0 amide bonds. The van der Waals surface area contributed by atoms with E-state index in [2.05, 4.69) is 10.1 Å². The van der Waals surface area contributed by atoms with Crippen molar-refractivity contribution in [3.63, 3.8) is 0 Å². The number of hydrogen-bond acceptors (Lipinski definition) is 6. The Hall–Kier alpha value is -1.77. The average Bonchev–Trinajstić information content (AvgIpc) is 3.41. The molecule has 4 rings (SSSR count). The lowest BCUT2D eigenvalue weighted by Crippen LogP contribution is -2.38. The van der Waals surface area contributed by atoms with Gasteiger partial charge < -0.3 is 9.26 Å². The first kappa shape index (κ1) is 19.5. The van der Waals surface area contributed by atoms with Gasteiger partial charge >= 0.3 is 0 Å². The van der Waals surface area contributed by atoms with Gasteiger partial charge in [0.25, 0.3) is 0 Å². The Bertz CT molecular complexity index is 908. The van der Waals surface area contributed by atoms with Crippen molar-refractivity contribution >= 4 is 10.0 Å². The van der Waals surface area contributed by atoms with Crippen LogP contribution in [0.5, 0.6) is 0 Å². The number of nitrogens with zero attached hydrogens (tertiary/aromatic N) is 3. The molecular weight excluding hydrogens is 378 g/mol. The molecule has 8 heteroatoms. The lowest BCUT2D eigenvalue weighted by molar-refractivity contribution is 0.125. The van der Waals surface area contributed by atoms with E-state index >= 15 is 0 Å². The minimum absolute atomic E-state index is 0.343. The van der Waals surface area contributed by atoms with E-state index in [1.165, 1.54) is 17.1 Å². The summed E-state index contributed by atoms with van der Waals surface area (Å²) in [5.74, 6) is 1.68. The molecule has 1 saturated heterocycles. The van der Waals surface area contributed by atoms with E-state index in [9.17, 15) is 8.42 Å². The predicted molar refractivity (Wildman–Crippen MR) is 103 cm³/mol. The fourth-order valence-electron chi connectivity index (χ4n) is 3.61. The summed E-state index contributed by atoms with van der Waals surface area (Å²) in [6.45, 7) is 3.64. The molecule has 1 atom stereocenters. The van der Waals surface area contributed by atoms with Gasteiger partial charge in [-0.3, -0.25) is 0 Å². The van der Waals surface area contributed by atoms with Crippen LogP contribution in [0.25, 0.3) is 0 Å². The third kappa shape index (κ3) is 4.29. The molecule has 1 aliphatic heterocycles. The summed E-state index contributed by atoms with van der Waals surface area (Å²) in [6, 6.07) is 6.67. The molecular formula is C20H27N3O4S. The van der Waals surface area contributed by atoms with E-state index in [-0.39, 0.29) is 0 Å². The Morgan fingerprint density at radius 2 is 2.04 bits per heavy atom. The van der Waals surface area contributed by atoms with Crippen molar-refractivity contribution in [2.45, 2.75) is 56.4 Å². The van der Waals surface area contributed by atoms with E-state index in [0.29, 0.717) is 42.6 Å². The molecule has 1 saturated carbocycles. The zero-order valence-corrected chi connectivity index (χ0v) is 17.0. The van der Waals surface area contributed by atoms with E-state index in [4.69, 9.17) is 9.26 Å². The largest absolute Gasteiger partial charge is 0.381 e. The SMILES string of the molecule is Cc1ccccc1S(=O)(=O)N1CCCCC1c1nc(CCOCC2CC2)no1. The molecule has 2 heterocycles. The van der Waals surface area contributed by atoms with Crippen molar-refractivity contribution in [3.8, 4) is 0 Å². The third-order valence-corrected chi connectivity index (χ3v) is 7.49. The Morgan fingerprint density at radius 3 is 2.82 bits per heavy atom. The highest BCUT2D eigenvalue weighted by molar-refractivity contribution is 7.89. The normalized spacial score (nSPS) is 21.1. The zero-order chi connectivity index (χ0) is 19.6. The van der Waals surface area contributed by atoms with Crippen LogP contribution in [0.2, 0.25) is 0 Å². The average molecular weight is 406 g/mol. The fourth-order valence-corrected chi connectivity index (χ4v) is 5.49. The van der Waals surface area contributed by atoms with E-state index in [1.54, 1.807) is 12.1 Å². The fraction of sp³-hybridized carbons (Fsp3) is 0.600. The number of sulfonamides is 1. The van der Waals surface area contributed by atoms with E-state index < -0.39 is 16.1 Å². The Kier molecular flexibility index (Phi) is 5.80. The summed E-state index contributed by atoms with van der Waals surface area (Å²) in [6.07, 6.45) is 5.56. The number of piperidine rings is 1. The molecule has 2 aromatic rings. The van der Waals surface area contributed by atoms with Crippen LogP contribution in [0.4, 0.5) is 0 Å². The monoisotopic (exact) mass is 405 g/mol. The topological polar surface area (TPSA) is 85.5 Å². The van der Waals surface area contributed by atoms with Crippen molar-refractivity contribution in [1.29, 1.82) is 0 Å². The van der Waals surface area contributed by atoms with Crippen molar-refractivity contribution in [2.75, 3.05) is 19.8 Å². The first-order valence-corrected chi connectivity index (χ1v) is 11.5. The second-order valence-electron chi connectivity index (χ2n) is 7.71. The maximum atomic E-state index is 13.3. The number of ether oxygens (including phenoxy) is 1.